The van der Waals surface area contributed by atoms with Crippen LogP contribution in [0.3, 0.4) is 0 Å². The lowest BCUT2D eigenvalue weighted by Crippen LogP contribution is -2.47. The molecular formula is C21H23NO5. The van der Waals surface area contributed by atoms with E-state index in [0.717, 1.165) is 22.3 Å². The molecule has 0 heterocycles. The van der Waals surface area contributed by atoms with Gasteiger partial charge in [0.15, 0.2) is 6.10 Å². The standard InChI is InChI=1S/C21H23NO5/c1-2-7-18(19(23)20(24)25)22-21(26)27-12-17-15-10-5-3-8-13(15)14-9-4-6-11-16(14)17/h3-6,8-11,17-19,23H,2,7,12H2,1H3,(H,22,26)(H,24,25). The topological polar surface area (TPSA) is 95.9 Å². The van der Waals surface area contributed by atoms with Crippen molar-refractivity contribution in [3.63, 3.8) is 0 Å². The highest BCUT2D eigenvalue weighted by atomic mass is 16.5. The van der Waals surface area contributed by atoms with Gasteiger partial charge in [-0.05, 0) is 28.7 Å². The normalized spacial score (nSPS) is 14.7. The zero-order valence-electron chi connectivity index (χ0n) is 15.1. The van der Waals surface area contributed by atoms with Crippen LogP contribution >= 0.6 is 0 Å². The van der Waals surface area contributed by atoms with Crippen molar-refractivity contribution in [1.29, 1.82) is 0 Å². The second-order valence-electron chi connectivity index (χ2n) is 6.65. The molecule has 0 saturated heterocycles. The molecule has 6 heteroatoms. The fraction of sp³-hybridized carbons (Fsp3) is 0.333. The number of hydrogen-bond donors (Lipinski definition) is 3. The maximum Gasteiger partial charge on any atom is 0.407 e. The lowest BCUT2D eigenvalue weighted by atomic mass is 9.98. The van der Waals surface area contributed by atoms with Gasteiger partial charge < -0.3 is 20.3 Å². The van der Waals surface area contributed by atoms with Gasteiger partial charge in [-0.25, -0.2) is 9.59 Å². The average molecular weight is 369 g/mol. The number of amides is 1. The Kier molecular flexibility index (Phi) is 5.76. The van der Waals surface area contributed by atoms with E-state index in [1.54, 1.807) is 0 Å². The van der Waals surface area contributed by atoms with Gasteiger partial charge in [0.1, 0.15) is 6.61 Å². The molecule has 1 amide bonds. The number of aliphatic hydroxyl groups is 1. The minimum atomic E-state index is -1.66. The molecular weight excluding hydrogens is 346 g/mol. The molecule has 0 bridgehead atoms. The average Bonchev–Trinajstić information content (AvgIpc) is 2.99. The molecule has 0 spiro atoms. The van der Waals surface area contributed by atoms with E-state index in [1.807, 2.05) is 43.3 Å². The summed E-state index contributed by atoms with van der Waals surface area (Å²) in [6.07, 6.45) is -1.42. The third kappa shape index (κ3) is 3.95. The van der Waals surface area contributed by atoms with Crippen LogP contribution in [0.25, 0.3) is 11.1 Å². The molecule has 142 valence electrons. The van der Waals surface area contributed by atoms with Gasteiger partial charge in [0.2, 0.25) is 0 Å². The van der Waals surface area contributed by atoms with Crippen molar-refractivity contribution in [3.05, 3.63) is 59.7 Å². The van der Waals surface area contributed by atoms with Crippen LogP contribution in [0.4, 0.5) is 4.79 Å². The smallest absolute Gasteiger partial charge is 0.407 e. The fourth-order valence-corrected chi connectivity index (χ4v) is 3.58. The van der Waals surface area contributed by atoms with Crippen molar-refractivity contribution in [2.45, 2.75) is 37.8 Å². The number of carboxylic acid groups (broad SMARTS) is 1. The number of carbonyl (C=O) groups excluding carboxylic acids is 1. The minimum Gasteiger partial charge on any atom is -0.479 e. The monoisotopic (exact) mass is 369 g/mol. The Morgan fingerprint density at radius 2 is 1.63 bits per heavy atom. The first-order chi connectivity index (χ1) is 13.0. The van der Waals surface area contributed by atoms with Crippen LogP contribution in [0.1, 0.15) is 36.8 Å². The Bertz CT molecular complexity index is 789. The molecule has 0 fully saturated rings. The summed E-state index contributed by atoms with van der Waals surface area (Å²) in [5.74, 6) is -1.44. The minimum absolute atomic E-state index is 0.0721. The van der Waals surface area contributed by atoms with Gasteiger partial charge in [0.25, 0.3) is 0 Å². The zero-order valence-corrected chi connectivity index (χ0v) is 15.1. The number of hydrogen-bond acceptors (Lipinski definition) is 4. The summed E-state index contributed by atoms with van der Waals surface area (Å²) in [7, 11) is 0. The van der Waals surface area contributed by atoms with Crippen LogP contribution < -0.4 is 5.32 Å². The number of alkyl carbamates (subject to hydrolysis) is 1. The van der Waals surface area contributed by atoms with Crippen LogP contribution in [0.5, 0.6) is 0 Å². The maximum atomic E-state index is 12.2. The van der Waals surface area contributed by atoms with Crippen LogP contribution in [-0.4, -0.2) is 41.0 Å². The third-order valence-corrected chi connectivity index (χ3v) is 4.88. The summed E-state index contributed by atoms with van der Waals surface area (Å²) in [6.45, 7) is 1.99. The van der Waals surface area contributed by atoms with Gasteiger partial charge in [-0.1, -0.05) is 61.9 Å². The Morgan fingerprint density at radius 1 is 1.07 bits per heavy atom. The van der Waals surface area contributed by atoms with E-state index >= 15 is 0 Å². The first-order valence-electron chi connectivity index (χ1n) is 9.05. The molecule has 6 nitrogen and oxygen atoms in total. The zero-order chi connectivity index (χ0) is 19.4. The number of carboxylic acids is 1. The molecule has 2 atom stereocenters. The molecule has 2 unspecified atom stereocenters. The van der Waals surface area contributed by atoms with Crippen molar-refractivity contribution < 1.29 is 24.5 Å². The molecule has 2 aromatic carbocycles. The predicted molar refractivity (Wildman–Crippen MR) is 101 cm³/mol. The van der Waals surface area contributed by atoms with Gasteiger partial charge in [0, 0.05) is 5.92 Å². The van der Waals surface area contributed by atoms with Crippen molar-refractivity contribution in [1.82, 2.24) is 5.32 Å². The first-order valence-corrected chi connectivity index (χ1v) is 9.05. The molecule has 3 rings (SSSR count). The molecule has 0 saturated carbocycles. The molecule has 3 N–H and O–H groups in total. The number of carbonyl (C=O) groups is 2. The van der Waals surface area contributed by atoms with Crippen LogP contribution in [0.15, 0.2) is 48.5 Å². The number of fused-ring (bicyclic) bond motifs is 3. The Labute approximate surface area is 157 Å². The highest BCUT2D eigenvalue weighted by molar-refractivity contribution is 5.79. The van der Waals surface area contributed by atoms with Gasteiger partial charge in [-0.2, -0.15) is 0 Å². The lowest BCUT2D eigenvalue weighted by molar-refractivity contribution is -0.148. The van der Waals surface area contributed by atoms with Crippen LogP contribution in [0, 0.1) is 0 Å². The van der Waals surface area contributed by atoms with Crippen LogP contribution in [-0.2, 0) is 9.53 Å². The van der Waals surface area contributed by atoms with Crippen molar-refractivity contribution in [2.24, 2.45) is 0 Å². The van der Waals surface area contributed by atoms with E-state index in [9.17, 15) is 14.7 Å². The highest BCUT2D eigenvalue weighted by Crippen LogP contribution is 2.44. The molecule has 0 aromatic heterocycles. The van der Waals surface area contributed by atoms with Gasteiger partial charge in [-0.3, -0.25) is 0 Å². The van der Waals surface area contributed by atoms with Gasteiger partial charge >= 0.3 is 12.1 Å². The van der Waals surface area contributed by atoms with Gasteiger partial charge in [0.05, 0.1) is 6.04 Å². The predicted octanol–water partition coefficient (Wildman–Crippen LogP) is 3.14. The van der Waals surface area contributed by atoms with E-state index in [-0.39, 0.29) is 12.5 Å². The molecule has 2 aromatic rings. The largest absolute Gasteiger partial charge is 0.479 e. The summed E-state index contributed by atoms with van der Waals surface area (Å²) in [6, 6.07) is 15.1. The summed E-state index contributed by atoms with van der Waals surface area (Å²) in [4.78, 5) is 23.2. The number of aliphatic carboxylic acids is 1. The molecule has 0 aliphatic heterocycles. The van der Waals surface area contributed by atoms with E-state index < -0.39 is 24.2 Å². The first kappa shape index (κ1) is 18.9. The molecule has 0 radical (unpaired) electrons. The quantitative estimate of drug-likeness (QED) is 0.697. The molecule has 27 heavy (non-hydrogen) atoms. The summed E-state index contributed by atoms with van der Waals surface area (Å²) in [5, 5.41) is 21.2. The number of nitrogens with one attached hydrogen (secondary N) is 1. The second kappa shape index (κ2) is 8.22. The maximum absolute atomic E-state index is 12.2. The molecule has 1 aliphatic carbocycles. The van der Waals surface area contributed by atoms with Gasteiger partial charge in [-0.15, -0.1) is 0 Å². The summed E-state index contributed by atoms with van der Waals surface area (Å²) >= 11 is 0. The number of rotatable bonds is 7. The van der Waals surface area contributed by atoms with E-state index in [4.69, 9.17) is 9.84 Å². The summed E-state index contributed by atoms with van der Waals surface area (Å²) in [5.41, 5.74) is 4.46. The van der Waals surface area contributed by atoms with Crippen molar-refractivity contribution >= 4 is 12.1 Å². The highest BCUT2D eigenvalue weighted by Gasteiger charge is 2.30. The Hall–Kier alpha value is -2.86. The fourth-order valence-electron chi connectivity index (χ4n) is 3.58. The van der Waals surface area contributed by atoms with E-state index in [0.29, 0.717) is 12.8 Å². The van der Waals surface area contributed by atoms with Crippen molar-refractivity contribution in [2.75, 3.05) is 6.61 Å². The number of ether oxygens (including phenoxy) is 1. The van der Waals surface area contributed by atoms with Crippen LogP contribution in [0.2, 0.25) is 0 Å². The third-order valence-electron chi connectivity index (χ3n) is 4.88. The second-order valence-corrected chi connectivity index (χ2v) is 6.65. The lowest BCUT2D eigenvalue weighted by Gasteiger charge is -2.21. The van der Waals surface area contributed by atoms with E-state index in [2.05, 4.69) is 17.4 Å². The number of benzene rings is 2. The van der Waals surface area contributed by atoms with Crippen molar-refractivity contribution in [3.8, 4) is 11.1 Å². The Balaban J connectivity index is 1.69. The Morgan fingerprint density at radius 3 is 2.15 bits per heavy atom. The van der Waals surface area contributed by atoms with E-state index in [1.165, 1.54) is 0 Å². The SMILES string of the molecule is CCCC(NC(=O)OCC1c2ccccc2-c2ccccc21)C(O)C(=O)O. The molecule has 1 aliphatic rings. The number of aliphatic hydroxyl groups excluding tert-OH is 1. The summed E-state index contributed by atoms with van der Waals surface area (Å²) < 4.78 is 5.39.